The number of anilines is 2. The van der Waals surface area contributed by atoms with Crippen molar-refractivity contribution >= 4 is 45.3 Å². The number of nitro benzene ring substituents is 1. The minimum absolute atomic E-state index is 0.00484. The number of benzene rings is 3. The molecule has 0 aromatic heterocycles. The first-order valence-corrected chi connectivity index (χ1v) is 12.2. The van der Waals surface area contributed by atoms with Crippen molar-refractivity contribution in [3.05, 3.63) is 75.3 Å². The SMILES string of the molecule is O=C(c1cccc2c(Cl)cccc12)N1CCN(c2ccc([N+](=O)[O-])c(N3CCCCC3)c2)CC1. The van der Waals surface area contributed by atoms with Crippen LogP contribution in [0.15, 0.2) is 54.6 Å². The molecule has 8 heteroatoms. The van der Waals surface area contributed by atoms with E-state index in [0.29, 0.717) is 42.5 Å². The number of piperidine rings is 1. The molecule has 0 saturated carbocycles. The standard InChI is InChI=1S/C26H27ClN4O3/c27-23-9-5-6-20-21(23)7-4-8-22(20)26(32)30-16-14-28(15-17-30)19-10-11-24(31(33)34)25(18-19)29-12-2-1-3-13-29/h4-11,18H,1-3,12-17H2. The Labute approximate surface area is 203 Å². The Morgan fingerprint density at radius 2 is 1.53 bits per heavy atom. The molecule has 0 aliphatic carbocycles. The van der Waals surface area contributed by atoms with E-state index in [4.69, 9.17) is 11.6 Å². The monoisotopic (exact) mass is 478 g/mol. The van der Waals surface area contributed by atoms with Crippen LogP contribution in [0.1, 0.15) is 29.6 Å². The maximum absolute atomic E-state index is 13.3. The molecule has 5 rings (SSSR count). The molecule has 0 spiro atoms. The van der Waals surface area contributed by atoms with Crippen LogP contribution in [0, 0.1) is 10.1 Å². The lowest BCUT2D eigenvalue weighted by molar-refractivity contribution is -0.384. The van der Waals surface area contributed by atoms with Crippen LogP contribution in [0.25, 0.3) is 10.8 Å². The summed E-state index contributed by atoms with van der Waals surface area (Å²) in [6.07, 6.45) is 3.28. The Morgan fingerprint density at radius 1 is 0.824 bits per heavy atom. The highest BCUT2D eigenvalue weighted by Gasteiger charge is 2.26. The summed E-state index contributed by atoms with van der Waals surface area (Å²) >= 11 is 6.33. The molecule has 1 amide bonds. The molecule has 0 N–H and O–H groups in total. The minimum atomic E-state index is -0.291. The average Bonchev–Trinajstić information content (AvgIpc) is 2.88. The lowest BCUT2D eigenvalue weighted by atomic mass is 10.0. The van der Waals surface area contributed by atoms with Gasteiger partial charge in [0.25, 0.3) is 11.6 Å². The van der Waals surface area contributed by atoms with Crippen LogP contribution in [0.4, 0.5) is 17.1 Å². The summed E-state index contributed by atoms with van der Waals surface area (Å²) in [4.78, 5) is 30.9. The summed E-state index contributed by atoms with van der Waals surface area (Å²) in [5.74, 6) is 0.00484. The number of hydrogen-bond donors (Lipinski definition) is 0. The van der Waals surface area contributed by atoms with Gasteiger partial charge in [-0.1, -0.05) is 35.9 Å². The van der Waals surface area contributed by atoms with Crippen molar-refractivity contribution in [2.75, 3.05) is 49.1 Å². The predicted octanol–water partition coefficient (Wildman–Crippen LogP) is 5.35. The van der Waals surface area contributed by atoms with Crippen LogP contribution >= 0.6 is 11.6 Å². The van der Waals surface area contributed by atoms with Crippen LogP contribution in [-0.2, 0) is 0 Å². The second-order valence-electron chi connectivity index (χ2n) is 8.90. The minimum Gasteiger partial charge on any atom is -0.368 e. The van der Waals surface area contributed by atoms with Crippen LogP contribution in [0.3, 0.4) is 0 Å². The smallest absolute Gasteiger partial charge is 0.292 e. The van der Waals surface area contributed by atoms with Gasteiger partial charge in [0.1, 0.15) is 5.69 Å². The average molecular weight is 479 g/mol. The lowest BCUT2D eigenvalue weighted by Gasteiger charge is -2.37. The fourth-order valence-electron chi connectivity index (χ4n) is 5.05. The van der Waals surface area contributed by atoms with Crippen LogP contribution in [-0.4, -0.2) is 55.0 Å². The van der Waals surface area contributed by atoms with Crippen LogP contribution in [0.5, 0.6) is 0 Å². The van der Waals surface area contributed by atoms with Crippen molar-refractivity contribution < 1.29 is 9.72 Å². The van der Waals surface area contributed by atoms with E-state index in [0.717, 1.165) is 42.4 Å². The molecular formula is C26H27ClN4O3. The first-order chi connectivity index (χ1) is 16.5. The fraction of sp³-hybridized carbons (Fsp3) is 0.346. The molecule has 2 aliphatic heterocycles. The van der Waals surface area contributed by atoms with Crippen molar-refractivity contribution in [1.29, 1.82) is 0 Å². The highest BCUT2D eigenvalue weighted by Crippen LogP contribution is 2.35. The van der Waals surface area contributed by atoms with Gasteiger partial charge in [-0.3, -0.25) is 14.9 Å². The van der Waals surface area contributed by atoms with E-state index in [1.807, 2.05) is 53.4 Å². The molecule has 7 nitrogen and oxygen atoms in total. The topological polar surface area (TPSA) is 69.9 Å². The molecule has 2 heterocycles. The zero-order valence-electron chi connectivity index (χ0n) is 19.0. The van der Waals surface area contributed by atoms with E-state index in [9.17, 15) is 14.9 Å². The molecule has 2 aliphatic rings. The first-order valence-electron chi connectivity index (χ1n) is 11.8. The third kappa shape index (κ3) is 4.28. The van der Waals surface area contributed by atoms with Gasteiger partial charge >= 0.3 is 0 Å². The van der Waals surface area contributed by atoms with Crippen LogP contribution in [0.2, 0.25) is 5.02 Å². The number of hydrogen-bond acceptors (Lipinski definition) is 5. The van der Waals surface area contributed by atoms with Gasteiger partial charge in [0, 0.05) is 67.0 Å². The van der Waals surface area contributed by atoms with Gasteiger partial charge in [0.2, 0.25) is 0 Å². The molecule has 2 fully saturated rings. The number of piperazine rings is 1. The molecular weight excluding hydrogens is 452 g/mol. The Kier molecular flexibility index (Phi) is 6.28. The molecule has 0 atom stereocenters. The molecule has 0 radical (unpaired) electrons. The molecule has 3 aromatic rings. The van der Waals surface area contributed by atoms with Crippen LogP contribution < -0.4 is 9.80 Å². The summed E-state index contributed by atoms with van der Waals surface area (Å²) in [5, 5.41) is 14.0. The lowest BCUT2D eigenvalue weighted by Crippen LogP contribution is -2.48. The van der Waals surface area contributed by atoms with Crippen molar-refractivity contribution in [2.45, 2.75) is 19.3 Å². The molecule has 34 heavy (non-hydrogen) atoms. The number of fused-ring (bicyclic) bond motifs is 1. The third-order valence-corrected chi connectivity index (χ3v) is 7.21. The van der Waals surface area contributed by atoms with Gasteiger partial charge in [-0.15, -0.1) is 0 Å². The summed E-state index contributed by atoms with van der Waals surface area (Å²) in [6, 6.07) is 16.7. The predicted molar refractivity (Wildman–Crippen MR) is 136 cm³/mol. The van der Waals surface area contributed by atoms with Gasteiger partial charge < -0.3 is 14.7 Å². The second-order valence-corrected chi connectivity index (χ2v) is 9.30. The third-order valence-electron chi connectivity index (χ3n) is 6.88. The normalized spacial score (nSPS) is 16.7. The fourth-order valence-corrected chi connectivity index (χ4v) is 5.28. The Balaban J connectivity index is 1.33. The zero-order valence-corrected chi connectivity index (χ0v) is 19.7. The molecule has 2 saturated heterocycles. The van der Waals surface area contributed by atoms with Gasteiger partial charge in [-0.25, -0.2) is 0 Å². The number of rotatable bonds is 4. The van der Waals surface area contributed by atoms with Crippen molar-refractivity contribution in [2.24, 2.45) is 0 Å². The molecule has 0 unspecified atom stereocenters. The van der Waals surface area contributed by atoms with E-state index < -0.39 is 0 Å². The van der Waals surface area contributed by atoms with Gasteiger partial charge in [0.05, 0.1) is 4.92 Å². The summed E-state index contributed by atoms with van der Waals surface area (Å²) < 4.78 is 0. The highest BCUT2D eigenvalue weighted by molar-refractivity contribution is 6.36. The summed E-state index contributed by atoms with van der Waals surface area (Å²) in [6.45, 7) is 4.23. The number of halogens is 1. The molecule has 176 valence electrons. The maximum Gasteiger partial charge on any atom is 0.292 e. The van der Waals surface area contributed by atoms with E-state index in [-0.39, 0.29) is 16.5 Å². The van der Waals surface area contributed by atoms with E-state index in [2.05, 4.69) is 9.80 Å². The Morgan fingerprint density at radius 3 is 2.26 bits per heavy atom. The number of nitro groups is 1. The second kappa shape index (κ2) is 9.50. The highest BCUT2D eigenvalue weighted by atomic mass is 35.5. The van der Waals surface area contributed by atoms with E-state index >= 15 is 0 Å². The molecule has 0 bridgehead atoms. The number of nitrogens with zero attached hydrogens (tertiary/aromatic N) is 4. The van der Waals surface area contributed by atoms with E-state index in [1.165, 1.54) is 6.42 Å². The Hall–Kier alpha value is -3.32. The zero-order chi connectivity index (χ0) is 23.7. The van der Waals surface area contributed by atoms with E-state index in [1.54, 1.807) is 6.07 Å². The Bertz CT molecular complexity index is 1230. The molecule has 3 aromatic carbocycles. The maximum atomic E-state index is 13.3. The first kappa shape index (κ1) is 22.5. The van der Waals surface area contributed by atoms with Gasteiger partial charge in [-0.05, 0) is 48.9 Å². The van der Waals surface area contributed by atoms with Crippen molar-refractivity contribution in [3.8, 4) is 0 Å². The largest absolute Gasteiger partial charge is 0.368 e. The number of carbonyl (C=O) groups is 1. The summed E-state index contributed by atoms with van der Waals surface area (Å²) in [7, 11) is 0. The number of amides is 1. The van der Waals surface area contributed by atoms with Gasteiger partial charge in [0.15, 0.2) is 0 Å². The quantitative estimate of drug-likeness (QED) is 0.373. The number of carbonyl (C=O) groups excluding carboxylic acids is 1. The van der Waals surface area contributed by atoms with Crippen molar-refractivity contribution in [1.82, 2.24) is 4.90 Å². The van der Waals surface area contributed by atoms with Gasteiger partial charge in [-0.2, -0.15) is 0 Å². The van der Waals surface area contributed by atoms with Crippen molar-refractivity contribution in [3.63, 3.8) is 0 Å². The summed E-state index contributed by atoms with van der Waals surface area (Å²) in [5.41, 5.74) is 2.49.